The second-order valence-corrected chi connectivity index (χ2v) is 3.40. The van der Waals surface area contributed by atoms with Crippen LogP contribution < -0.4 is 10.6 Å². The van der Waals surface area contributed by atoms with Crippen LogP contribution in [-0.2, 0) is 9.59 Å². The predicted molar refractivity (Wildman–Crippen MR) is 58.8 cm³/mol. The first-order chi connectivity index (χ1) is 7.08. The molecule has 0 unspecified atom stereocenters. The quantitative estimate of drug-likeness (QED) is 0.819. The van der Waals surface area contributed by atoms with Gasteiger partial charge >= 0.3 is 0 Å². The smallest absolute Gasteiger partial charge is 0.243 e. The summed E-state index contributed by atoms with van der Waals surface area (Å²) in [6, 6.07) is 6.80. The van der Waals surface area contributed by atoms with Crippen LogP contribution in [0.4, 0.5) is 5.69 Å². The molecule has 0 aromatic heterocycles. The van der Waals surface area contributed by atoms with Gasteiger partial charge in [0.05, 0.1) is 6.54 Å². The van der Waals surface area contributed by atoms with E-state index in [2.05, 4.69) is 10.6 Å². The molecule has 5 heteroatoms. The monoisotopic (exact) mass is 226 g/mol. The molecule has 0 radical (unpaired) electrons. The molecule has 0 bridgehead atoms. The van der Waals surface area contributed by atoms with Gasteiger partial charge in [0.15, 0.2) is 0 Å². The number of carbonyl (C=O) groups is 2. The summed E-state index contributed by atoms with van der Waals surface area (Å²) >= 11 is 5.73. The highest BCUT2D eigenvalue weighted by atomic mass is 35.5. The van der Waals surface area contributed by atoms with Gasteiger partial charge < -0.3 is 10.6 Å². The molecule has 2 amide bonds. The third-order valence-corrected chi connectivity index (χ3v) is 1.84. The van der Waals surface area contributed by atoms with Gasteiger partial charge in [-0.1, -0.05) is 17.7 Å². The molecule has 0 saturated heterocycles. The molecule has 0 aliphatic heterocycles. The lowest BCUT2D eigenvalue weighted by Crippen LogP contribution is -2.31. The topological polar surface area (TPSA) is 58.2 Å². The molecule has 0 saturated carbocycles. The Morgan fingerprint density at radius 2 is 2.13 bits per heavy atom. The van der Waals surface area contributed by atoms with E-state index >= 15 is 0 Å². The maximum absolute atomic E-state index is 11.3. The number of carbonyl (C=O) groups excluding carboxylic acids is 2. The molecule has 1 rings (SSSR count). The molecule has 0 atom stereocenters. The van der Waals surface area contributed by atoms with Crippen molar-refractivity contribution >= 4 is 29.1 Å². The molecule has 80 valence electrons. The van der Waals surface area contributed by atoms with Crippen LogP contribution in [0.15, 0.2) is 24.3 Å². The zero-order chi connectivity index (χ0) is 11.3. The molecule has 0 aliphatic rings. The number of anilines is 1. The zero-order valence-electron chi connectivity index (χ0n) is 8.21. The molecular weight excluding hydrogens is 216 g/mol. The summed E-state index contributed by atoms with van der Waals surface area (Å²) < 4.78 is 0. The van der Waals surface area contributed by atoms with E-state index < -0.39 is 0 Å². The highest BCUT2D eigenvalue weighted by Crippen LogP contribution is 2.14. The van der Waals surface area contributed by atoms with E-state index in [1.165, 1.54) is 6.92 Å². The number of nitrogens with one attached hydrogen (secondary N) is 2. The van der Waals surface area contributed by atoms with Crippen molar-refractivity contribution in [3.05, 3.63) is 29.3 Å². The summed E-state index contributed by atoms with van der Waals surface area (Å²) in [6.45, 7) is 1.31. The summed E-state index contributed by atoms with van der Waals surface area (Å²) in [4.78, 5) is 21.8. The maximum atomic E-state index is 11.3. The van der Waals surface area contributed by atoms with Crippen molar-refractivity contribution in [3.8, 4) is 0 Å². The number of hydrogen-bond acceptors (Lipinski definition) is 2. The summed E-state index contributed by atoms with van der Waals surface area (Å²) in [5, 5.41) is 5.54. The van der Waals surface area contributed by atoms with Crippen LogP contribution in [0, 0.1) is 0 Å². The minimum absolute atomic E-state index is 0.0398. The number of benzene rings is 1. The molecular formula is C10H11ClN2O2. The summed E-state index contributed by atoms with van der Waals surface area (Å²) in [6.07, 6.45) is 0. The number of hydrogen-bond donors (Lipinski definition) is 2. The van der Waals surface area contributed by atoms with Gasteiger partial charge in [0.2, 0.25) is 11.8 Å². The normalized spacial score (nSPS) is 9.47. The summed E-state index contributed by atoms with van der Waals surface area (Å²) in [7, 11) is 0. The van der Waals surface area contributed by atoms with Gasteiger partial charge in [-0.05, 0) is 18.2 Å². The lowest BCUT2D eigenvalue weighted by molar-refractivity contribution is -0.122. The van der Waals surface area contributed by atoms with Gasteiger partial charge in [0, 0.05) is 17.6 Å². The van der Waals surface area contributed by atoms with Crippen LogP contribution in [0.25, 0.3) is 0 Å². The molecule has 2 N–H and O–H groups in total. The Morgan fingerprint density at radius 1 is 1.40 bits per heavy atom. The molecule has 4 nitrogen and oxygen atoms in total. The third-order valence-electron chi connectivity index (χ3n) is 1.61. The Labute approximate surface area is 92.6 Å². The van der Waals surface area contributed by atoms with Gasteiger partial charge in [-0.25, -0.2) is 0 Å². The standard InChI is InChI=1S/C10H11ClN2O2/c1-7(14)12-6-10(15)13-9-4-2-3-8(11)5-9/h2-5H,6H2,1H3,(H,12,14)(H,13,15). The fraction of sp³-hybridized carbons (Fsp3) is 0.200. The molecule has 1 aromatic rings. The Morgan fingerprint density at radius 3 is 2.73 bits per heavy atom. The van der Waals surface area contributed by atoms with Crippen molar-refractivity contribution < 1.29 is 9.59 Å². The van der Waals surface area contributed by atoms with Crippen molar-refractivity contribution in [3.63, 3.8) is 0 Å². The lowest BCUT2D eigenvalue weighted by Gasteiger charge is -2.05. The minimum Gasteiger partial charge on any atom is -0.347 e. The molecule has 0 spiro atoms. The van der Waals surface area contributed by atoms with Crippen molar-refractivity contribution in [1.82, 2.24) is 5.32 Å². The summed E-state index contributed by atoms with van der Waals surface area (Å²) in [5.74, 6) is -0.524. The van der Waals surface area contributed by atoms with Crippen LogP contribution in [0.2, 0.25) is 5.02 Å². The first-order valence-corrected chi connectivity index (χ1v) is 4.75. The van der Waals surface area contributed by atoms with E-state index in [1.807, 2.05) is 0 Å². The Balaban J connectivity index is 2.48. The molecule has 1 aromatic carbocycles. The van der Waals surface area contributed by atoms with Crippen molar-refractivity contribution in [2.24, 2.45) is 0 Å². The van der Waals surface area contributed by atoms with Crippen LogP contribution in [0.3, 0.4) is 0 Å². The highest BCUT2D eigenvalue weighted by molar-refractivity contribution is 6.30. The van der Waals surface area contributed by atoms with Gasteiger partial charge in [-0.15, -0.1) is 0 Å². The molecule has 0 heterocycles. The van der Waals surface area contributed by atoms with E-state index in [0.717, 1.165) is 0 Å². The van der Waals surface area contributed by atoms with Crippen molar-refractivity contribution in [2.75, 3.05) is 11.9 Å². The Bertz CT molecular complexity index is 379. The second kappa shape index (κ2) is 5.36. The van der Waals surface area contributed by atoms with Crippen LogP contribution in [-0.4, -0.2) is 18.4 Å². The lowest BCUT2D eigenvalue weighted by atomic mass is 10.3. The van der Waals surface area contributed by atoms with Crippen molar-refractivity contribution in [1.29, 1.82) is 0 Å². The maximum Gasteiger partial charge on any atom is 0.243 e. The van der Waals surface area contributed by atoms with Crippen LogP contribution in [0.5, 0.6) is 0 Å². The van der Waals surface area contributed by atoms with E-state index in [4.69, 9.17) is 11.6 Å². The van der Waals surface area contributed by atoms with Crippen molar-refractivity contribution in [2.45, 2.75) is 6.92 Å². The van der Waals surface area contributed by atoms with E-state index in [-0.39, 0.29) is 18.4 Å². The average Bonchev–Trinajstić information content (AvgIpc) is 2.15. The van der Waals surface area contributed by atoms with Gasteiger partial charge in [-0.3, -0.25) is 9.59 Å². The van der Waals surface area contributed by atoms with E-state index in [0.29, 0.717) is 10.7 Å². The summed E-state index contributed by atoms with van der Waals surface area (Å²) in [5.41, 5.74) is 0.609. The number of rotatable bonds is 3. The first kappa shape index (κ1) is 11.5. The second-order valence-electron chi connectivity index (χ2n) is 2.97. The highest BCUT2D eigenvalue weighted by Gasteiger charge is 2.02. The molecule has 0 fully saturated rings. The van der Waals surface area contributed by atoms with Gasteiger partial charge in [0.1, 0.15) is 0 Å². The largest absolute Gasteiger partial charge is 0.347 e. The fourth-order valence-electron chi connectivity index (χ4n) is 0.976. The molecule has 0 aliphatic carbocycles. The van der Waals surface area contributed by atoms with Crippen LogP contribution in [0.1, 0.15) is 6.92 Å². The SMILES string of the molecule is CC(=O)NCC(=O)Nc1cccc(Cl)c1. The third kappa shape index (κ3) is 4.46. The Hall–Kier alpha value is -1.55. The average molecular weight is 227 g/mol. The predicted octanol–water partition coefficient (Wildman–Crippen LogP) is 1.41. The Kier molecular flexibility index (Phi) is 4.12. The molecule has 15 heavy (non-hydrogen) atoms. The minimum atomic E-state index is -0.285. The number of halogens is 1. The number of amides is 2. The zero-order valence-corrected chi connectivity index (χ0v) is 8.97. The fourth-order valence-corrected chi connectivity index (χ4v) is 1.17. The van der Waals surface area contributed by atoms with Gasteiger partial charge in [0.25, 0.3) is 0 Å². The van der Waals surface area contributed by atoms with E-state index in [9.17, 15) is 9.59 Å². The van der Waals surface area contributed by atoms with E-state index in [1.54, 1.807) is 24.3 Å². The first-order valence-electron chi connectivity index (χ1n) is 4.38. The van der Waals surface area contributed by atoms with Crippen LogP contribution >= 0.6 is 11.6 Å². The van der Waals surface area contributed by atoms with Gasteiger partial charge in [-0.2, -0.15) is 0 Å².